The first-order valence-electron chi connectivity index (χ1n) is 8.39. The number of benzene rings is 3. The number of carbonyl (C=O) groups is 2. The van der Waals surface area contributed by atoms with Crippen molar-refractivity contribution in [2.75, 3.05) is 0 Å². The van der Waals surface area contributed by atoms with Gasteiger partial charge in [-0.2, -0.15) is 0 Å². The van der Waals surface area contributed by atoms with E-state index in [1.807, 2.05) is 54.6 Å². The molecule has 0 saturated carbocycles. The molecule has 26 heavy (non-hydrogen) atoms. The molecule has 0 bridgehead atoms. The lowest BCUT2D eigenvalue weighted by molar-refractivity contribution is -0.122. The van der Waals surface area contributed by atoms with Gasteiger partial charge < -0.3 is 15.7 Å². The fraction of sp³-hybridized carbons (Fsp3) is 0.143. The van der Waals surface area contributed by atoms with Gasteiger partial charge in [0.05, 0.1) is 5.56 Å². The van der Waals surface area contributed by atoms with Crippen molar-refractivity contribution in [2.24, 2.45) is 0 Å². The van der Waals surface area contributed by atoms with Gasteiger partial charge in [0.25, 0.3) is 5.91 Å². The predicted molar refractivity (Wildman–Crippen MR) is 101 cm³/mol. The number of rotatable bonds is 5. The first-order chi connectivity index (χ1) is 12.5. The highest BCUT2D eigenvalue weighted by Gasteiger charge is 2.19. The van der Waals surface area contributed by atoms with Crippen LogP contribution in [0.15, 0.2) is 66.7 Å². The van der Waals surface area contributed by atoms with Gasteiger partial charge in [-0.25, -0.2) is 0 Å². The molecule has 3 rings (SSSR count). The molecular weight excluding hydrogens is 328 g/mol. The lowest BCUT2D eigenvalue weighted by Crippen LogP contribution is -2.44. The summed E-state index contributed by atoms with van der Waals surface area (Å²) in [5.74, 6) is -0.892. The Kier molecular flexibility index (Phi) is 5.17. The normalized spacial score (nSPS) is 11.7. The maximum atomic E-state index is 12.4. The molecule has 0 aliphatic heterocycles. The number of carbonyl (C=O) groups excluding carboxylic acids is 2. The number of nitrogens with one attached hydrogen (secondary N) is 2. The summed E-state index contributed by atoms with van der Waals surface area (Å²) in [6.07, 6.45) is 0. The van der Waals surface area contributed by atoms with Crippen molar-refractivity contribution in [2.45, 2.75) is 19.5 Å². The molecule has 0 heterocycles. The summed E-state index contributed by atoms with van der Waals surface area (Å²) in [4.78, 5) is 24.6. The van der Waals surface area contributed by atoms with Crippen LogP contribution >= 0.6 is 0 Å². The summed E-state index contributed by atoms with van der Waals surface area (Å²) in [7, 11) is 0. The minimum absolute atomic E-state index is 0.113. The average molecular weight is 348 g/mol. The third kappa shape index (κ3) is 4.00. The highest BCUT2D eigenvalue weighted by atomic mass is 16.3. The summed E-state index contributed by atoms with van der Waals surface area (Å²) in [6, 6.07) is 19.4. The van der Waals surface area contributed by atoms with Crippen LogP contribution in [0.4, 0.5) is 0 Å². The molecular formula is C21H20N2O3. The van der Waals surface area contributed by atoms with E-state index in [1.165, 1.54) is 0 Å². The maximum Gasteiger partial charge on any atom is 0.255 e. The second-order valence-corrected chi connectivity index (χ2v) is 6.12. The molecule has 3 aromatic rings. The molecule has 1 atom stereocenters. The molecule has 5 heteroatoms. The van der Waals surface area contributed by atoms with Crippen LogP contribution in [0, 0.1) is 0 Å². The smallest absolute Gasteiger partial charge is 0.255 e. The molecule has 0 radical (unpaired) electrons. The molecule has 132 valence electrons. The fourth-order valence-corrected chi connectivity index (χ4v) is 2.69. The van der Waals surface area contributed by atoms with Crippen LogP contribution in [0.5, 0.6) is 5.75 Å². The van der Waals surface area contributed by atoms with E-state index in [9.17, 15) is 14.7 Å². The second-order valence-electron chi connectivity index (χ2n) is 6.12. The zero-order chi connectivity index (χ0) is 18.5. The minimum Gasteiger partial charge on any atom is -0.507 e. The van der Waals surface area contributed by atoms with E-state index in [0.717, 1.165) is 16.3 Å². The van der Waals surface area contributed by atoms with Crippen LogP contribution in [-0.4, -0.2) is 23.0 Å². The minimum atomic E-state index is -0.725. The number of hydrogen-bond acceptors (Lipinski definition) is 3. The van der Waals surface area contributed by atoms with Gasteiger partial charge in [0, 0.05) is 6.54 Å². The van der Waals surface area contributed by atoms with Gasteiger partial charge in [-0.1, -0.05) is 54.6 Å². The Bertz CT molecular complexity index is 938. The summed E-state index contributed by atoms with van der Waals surface area (Å²) >= 11 is 0. The largest absolute Gasteiger partial charge is 0.507 e. The Balaban J connectivity index is 1.65. The van der Waals surface area contributed by atoms with Crippen LogP contribution in [0.2, 0.25) is 0 Å². The highest BCUT2D eigenvalue weighted by molar-refractivity contribution is 6.03. The predicted octanol–water partition coefficient (Wildman–Crippen LogP) is 2.98. The molecule has 0 fully saturated rings. The summed E-state index contributed by atoms with van der Waals surface area (Å²) < 4.78 is 0. The Hall–Kier alpha value is -3.34. The van der Waals surface area contributed by atoms with E-state index in [2.05, 4.69) is 10.6 Å². The Morgan fingerprint density at radius 2 is 1.58 bits per heavy atom. The summed E-state index contributed by atoms with van der Waals surface area (Å²) in [5, 5.41) is 17.2. The van der Waals surface area contributed by atoms with Gasteiger partial charge in [-0.15, -0.1) is 0 Å². The molecule has 0 aliphatic carbocycles. The molecule has 3 N–H and O–H groups in total. The molecule has 0 aliphatic rings. The number of hydrogen-bond donors (Lipinski definition) is 3. The van der Waals surface area contributed by atoms with E-state index >= 15 is 0 Å². The summed E-state index contributed by atoms with van der Waals surface area (Å²) in [6.45, 7) is 2.00. The van der Waals surface area contributed by atoms with E-state index < -0.39 is 11.9 Å². The van der Waals surface area contributed by atoms with Crippen molar-refractivity contribution in [1.82, 2.24) is 10.6 Å². The van der Waals surface area contributed by atoms with Gasteiger partial charge in [0.2, 0.25) is 5.91 Å². The van der Waals surface area contributed by atoms with Gasteiger partial charge in [-0.05, 0) is 35.4 Å². The van der Waals surface area contributed by atoms with Gasteiger partial charge >= 0.3 is 0 Å². The molecule has 0 saturated heterocycles. The van der Waals surface area contributed by atoms with E-state index in [1.54, 1.807) is 19.1 Å². The van der Waals surface area contributed by atoms with E-state index in [4.69, 9.17) is 0 Å². The number of amides is 2. The zero-order valence-corrected chi connectivity index (χ0v) is 14.4. The quantitative estimate of drug-likeness (QED) is 0.663. The van der Waals surface area contributed by atoms with Gasteiger partial charge in [0.1, 0.15) is 11.8 Å². The highest BCUT2D eigenvalue weighted by Crippen LogP contribution is 2.24. The van der Waals surface area contributed by atoms with E-state index in [-0.39, 0.29) is 17.2 Å². The monoisotopic (exact) mass is 348 g/mol. The van der Waals surface area contributed by atoms with Crippen LogP contribution in [-0.2, 0) is 11.3 Å². The van der Waals surface area contributed by atoms with Crippen molar-refractivity contribution in [3.8, 4) is 5.75 Å². The molecule has 0 aromatic heterocycles. The Labute approximate surface area is 151 Å². The van der Waals surface area contributed by atoms with Crippen LogP contribution < -0.4 is 10.6 Å². The van der Waals surface area contributed by atoms with Crippen molar-refractivity contribution in [1.29, 1.82) is 0 Å². The number of phenols is 1. The Morgan fingerprint density at radius 1 is 0.962 bits per heavy atom. The average Bonchev–Trinajstić information content (AvgIpc) is 2.66. The van der Waals surface area contributed by atoms with Crippen molar-refractivity contribution >= 4 is 22.6 Å². The Morgan fingerprint density at radius 3 is 2.27 bits per heavy atom. The zero-order valence-electron chi connectivity index (χ0n) is 14.4. The third-order valence-electron chi connectivity index (χ3n) is 4.16. The van der Waals surface area contributed by atoms with E-state index in [0.29, 0.717) is 6.54 Å². The number of phenolic OH excluding ortho intramolecular Hbond substituents is 1. The van der Waals surface area contributed by atoms with Crippen molar-refractivity contribution in [3.05, 3.63) is 77.9 Å². The first kappa shape index (κ1) is 17.5. The van der Waals surface area contributed by atoms with Crippen LogP contribution in [0.1, 0.15) is 22.8 Å². The maximum absolute atomic E-state index is 12.4. The molecule has 1 unspecified atom stereocenters. The van der Waals surface area contributed by atoms with Crippen LogP contribution in [0.25, 0.3) is 10.8 Å². The second kappa shape index (κ2) is 7.70. The number of aromatic hydroxyl groups is 1. The lowest BCUT2D eigenvalue weighted by atomic mass is 10.1. The summed E-state index contributed by atoms with van der Waals surface area (Å²) in [5.41, 5.74) is 1.12. The van der Waals surface area contributed by atoms with Crippen molar-refractivity contribution < 1.29 is 14.7 Å². The lowest BCUT2D eigenvalue weighted by Gasteiger charge is -2.15. The first-order valence-corrected chi connectivity index (χ1v) is 8.39. The fourth-order valence-electron chi connectivity index (χ4n) is 2.69. The standard InChI is InChI=1S/C21H20N2O3/c1-14(20(25)22-13-15-7-3-2-4-8-15)23-21(26)18-11-16-9-5-6-10-17(16)12-19(18)24/h2-12,14,24H,13H2,1H3,(H,22,25)(H,23,26). The SMILES string of the molecule is CC(NC(=O)c1cc2ccccc2cc1O)C(=O)NCc1ccccc1. The molecule has 0 spiro atoms. The van der Waals surface area contributed by atoms with Gasteiger partial charge in [0.15, 0.2) is 0 Å². The number of fused-ring (bicyclic) bond motifs is 1. The molecule has 5 nitrogen and oxygen atoms in total. The molecule has 3 aromatic carbocycles. The third-order valence-corrected chi connectivity index (χ3v) is 4.16. The van der Waals surface area contributed by atoms with Gasteiger partial charge in [-0.3, -0.25) is 9.59 Å². The molecule has 2 amide bonds. The van der Waals surface area contributed by atoms with Crippen LogP contribution in [0.3, 0.4) is 0 Å². The van der Waals surface area contributed by atoms with Crippen molar-refractivity contribution in [3.63, 3.8) is 0 Å². The topological polar surface area (TPSA) is 78.4 Å².